The number of nitrogens with two attached hydrogens (primary N) is 1. The van der Waals surface area contributed by atoms with E-state index in [2.05, 4.69) is 0 Å². The van der Waals surface area contributed by atoms with Crippen molar-refractivity contribution in [3.8, 4) is 0 Å². The lowest BCUT2D eigenvalue weighted by Gasteiger charge is -2.20. The van der Waals surface area contributed by atoms with Gasteiger partial charge in [0.05, 0.1) is 0 Å². The predicted molar refractivity (Wildman–Crippen MR) is 72.6 cm³/mol. The lowest BCUT2D eigenvalue weighted by Crippen LogP contribution is -2.32. The minimum absolute atomic E-state index is 0.340. The summed E-state index contributed by atoms with van der Waals surface area (Å²) in [5.41, 5.74) is 6.39. The van der Waals surface area contributed by atoms with Crippen LogP contribution in [0.15, 0.2) is 17.2 Å². The van der Waals surface area contributed by atoms with Crippen LogP contribution in [0.5, 0.6) is 0 Å². The molecule has 0 fully saturated rings. The highest BCUT2D eigenvalue weighted by atomic mass is 32.2. The fourth-order valence-corrected chi connectivity index (χ4v) is 3.64. The van der Waals surface area contributed by atoms with Crippen molar-refractivity contribution in [3.63, 3.8) is 0 Å². The summed E-state index contributed by atoms with van der Waals surface area (Å²) in [5, 5.41) is 0. The van der Waals surface area contributed by atoms with Crippen LogP contribution in [0.1, 0.15) is 32.4 Å². The first-order chi connectivity index (χ1) is 8.47. The van der Waals surface area contributed by atoms with E-state index in [1.165, 1.54) is 0 Å². The average molecular weight is 273 g/mol. The zero-order valence-electron chi connectivity index (χ0n) is 11.4. The molecule has 0 amide bonds. The van der Waals surface area contributed by atoms with Gasteiger partial charge in [-0.3, -0.25) is 0 Å². The molecule has 104 valence electrons. The molecule has 2 N–H and O–H groups in total. The molecule has 0 spiro atoms. The van der Waals surface area contributed by atoms with Gasteiger partial charge in [-0.05, 0) is 18.9 Å². The van der Waals surface area contributed by atoms with Crippen LogP contribution in [0.2, 0.25) is 0 Å². The molecule has 0 aliphatic heterocycles. The van der Waals surface area contributed by atoms with Gasteiger partial charge in [-0.15, -0.1) is 0 Å². The van der Waals surface area contributed by atoms with Crippen molar-refractivity contribution >= 4 is 10.0 Å². The van der Waals surface area contributed by atoms with Gasteiger partial charge in [-0.1, -0.05) is 13.8 Å². The van der Waals surface area contributed by atoms with Crippen LogP contribution in [0.25, 0.3) is 0 Å². The van der Waals surface area contributed by atoms with E-state index in [1.807, 2.05) is 20.9 Å². The van der Waals surface area contributed by atoms with E-state index in [-0.39, 0.29) is 0 Å². The monoisotopic (exact) mass is 273 g/mol. The summed E-state index contributed by atoms with van der Waals surface area (Å²) in [6.07, 6.45) is 3.27. The van der Waals surface area contributed by atoms with Crippen molar-refractivity contribution in [3.05, 3.63) is 18.0 Å². The predicted octanol–water partition coefficient (Wildman–Crippen LogP) is 1.29. The third kappa shape index (κ3) is 3.13. The summed E-state index contributed by atoms with van der Waals surface area (Å²) < 4.78 is 28.2. The van der Waals surface area contributed by atoms with Crippen molar-refractivity contribution in [2.75, 3.05) is 13.1 Å². The second kappa shape index (κ2) is 6.36. The summed E-state index contributed by atoms with van der Waals surface area (Å²) in [4.78, 5) is 0.340. The van der Waals surface area contributed by atoms with Gasteiger partial charge in [0, 0.05) is 38.6 Å². The standard InChI is InChI=1S/C12H23N3O2S/c1-4-6-15(7-5-2)18(16,17)12-8-11(9-13)14(3)10-12/h8,10H,4-7,9,13H2,1-3H3. The Balaban J connectivity index is 3.09. The Hall–Kier alpha value is -0.850. The highest BCUT2D eigenvalue weighted by Gasteiger charge is 2.24. The first-order valence-corrected chi connectivity index (χ1v) is 7.76. The summed E-state index contributed by atoms with van der Waals surface area (Å²) in [6.45, 7) is 5.42. The van der Waals surface area contributed by atoms with Crippen LogP contribution in [-0.2, 0) is 23.6 Å². The SMILES string of the molecule is CCCN(CCC)S(=O)(=O)c1cc(CN)n(C)c1. The van der Waals surface area contributed by atoms with Crippen LogP contribution in [0.4, 0.5) is 0 Å². The topological polar surface area (TPSA) is 68.3 Å². The minimum Gasteiger partial charge on any atom is -0.352 e. The van der Waals surface area contributed by atoms with E-state index >= 15 is 0 Å². The molecule has 5 nitrogen and oxygen atoms in total. The molecule has 0 aromatic carbocycles. The summed E-state index contributed by atoms with van der Waals surface area (Å²) >= 11 is 0. The fourth-order valence-electron chi connectivity index (χ4n) is 1.92. The summed E-state index contributed by atoms with van der Waals surface area (Å²) in [5.74, 6) is 0. The summed E-state index contributed by atoms with van der Waals surface area (Å²) in [6, 6.07) is 1.66. The fraction of sp³-hybridized carbons (Fsp3) is 0.667. The number of hydrogen-bond acceptors (Lipinski definition) is 3. The zero-order valence-corrected chi connectivity index (χ0v) is 12.2. The van der Waals surface area contributed by atoms with Crippen molar-refractivity contribution in [1.82, 2.24) is 8.87 Å². The van der Waals surface area contributed by atoms with Gasteiger partial charge in [0.2, 0.25) is 10.0 Å². The molecule has 0 atom stereocenters. The molecule has 0 aliphatic rings. The van der Waals surface area contributed by atoms with E-state index < -0.39 is 10.0 Å². The van der Waals surface area contributed by atoms with E-state index in [0.29, 0.717) is 24.5 Å². The number of hydrogen-bond donors (Lipinski definition) is 1. The number of nitrogens with zero attached hydrogens (tertiary/aromatic N) is 2. The van der Waals surface area contributed by atoms with Gasteiger partial charge in [0.15, 0.2) is 0 Å². The number of rotatable bonds is 7. The maximum Gasteiger partial charge on any atom is 0.244 e. The number of aromatic nitrogens is 1. The normalized spacial score (nSPS) is 12.3. The molecular formula is C12H23N3O2S. The molecular weight excluding hydrogens is 250 g/mol. The van der Waals surface area contributed by atoms with E-state index in [4.69, 9.17) is 5.73 Å². The lowest BCUT2D eigenvalue weighted by atomic mass is 10.4. The van der Waals surface area contributed by atoms with Crippen LogP contribution in [0.3, 0.4) is 0 Å². The van der Waals surface area contributed by atoms with Gasteiger partial charge in [0.25, 0.3) is 0 Å². The van der Waals surface area contributed by atoms with Crippen molar-refractivity contribution in [2.24, 2.45) is 12.8 Å². The highest BCUT2D eigenvalue weighted by molar-refractivity contribution is 7.89. The third-order valence-corrected chi connectivity index (χ3v) is 4.74. The smallest absolute Gasteiger partial charge is 0.244 e. The second-order valence-electron chi connectivity index (χ2n) is 4.39. The molecule has 1 heterocycles. The number of aryl methyl sites for hydroxylation is 1. The molecule has 0 saturated heterocycles. The Morgan fingerprint density at radius 3 is 2.22 bits per heavy atom. The van der Waals surface area contributed by atoms with E-state index in [9.17, 15) is 8.42 Å². The average Bonchev–Trinajstić information content (AvgIpc) is 2.71. The lowest BCUT2D eigenvalue weighted by molar-refractivity contribution is 0.410. The first-order valence-electron chi connectivity index (χ1n) is 6.32. The molecule has 1 aromatic heterocycles. The molecule has 1 rings (SSSR count). The van der Waals surface area contributed by atoms with Gasteiger partial charge in [0.1, 0.15) is 4.90 Å². The van der Waals surface area contributed by atoms with Crippen molar-refractivity contribution < 1.29 is 8.42 Å². The van der Waals surface area contributed by atoms with Gasteiger partial charge in [-0.25, -0.2) is 8.42 Å². The molecule has 0 unspecified atom stereocenters. The minimum atomic E-state index is -3.38. The largest absolute Gasteiger partial charge is 0.352 e. The van der Waals surface area contributed by atoms with Crippen molar-refractivity contribution in [2.45, 2.75) is 38.1 Å². The highest BCUT2D eigenvalue weighted by Crippen LogP contribution is 2.19. The maximum absolute atomic E-state index is 12.5. The van der Waals surface area contributed by atoms with Crippen LogP contribution in [0, 0.1) is 0 Å². The molecule has 1 aromatic rings. The third-order valence-electron chi connectivity index (χ3n) is 2.88. The van der Waals surface area contributed by atoms with Crippen LogP contribution >= 0.6 is 0 Å². The summed E-state index contributed by atoms with van der Waals surface area (Å²) in [7, 11) is -1.57. The van der Waals surface area contributed by atoms with Crippen LogP contribution in [-0.4, -0.2) is 30.4 Å². The first kappa shape index (κ1) is 15.2. The molecule has 0 bridgehead atoms. The maximum atomic E-state index is 12.5. The Morgan fingerprint density at radius 2 is 1.83 bits per heavy atom. The quantitative estimate of drug-likeness (QED) is 0.814. The van der Waals surface area contributed by atoms with Crippen molar-refractivity contribution in [1.29, 1.82) is 0 Å². The Labute approximate surface area is 110 Å². The molecule has 0 aliphatic carbocycles. The number of sulfonamides is 1. The molecule has 0 radical (unpaired) electrons. The molecule has 18 heavy (non-hydrogen) atoms. The zero-order chi connectivity index (χ0) is 13.8. The Kier molecular flexibility index (Phi) is 5.37. The van der Waals surface area contributed by atoms with E-state index in [0.717, 1.165) is 18.5 Å². The van der Waals surface area contributed by atoms with Gasteiger partial charge >= 0.3 is 0 Å². The van der Waals surface area contributed by atoms with Crippen LogP contribution < -0.4 is 5.73 Å². The van der Waals surface area contributed by atoms with Gasteiger partial charge in [-0.2, -0.15) is 4.31 Å². The molecule has 6 heteroatoms. The van der Waals surface area contributed by atoms with Gasteiger partial charge < -0.3 is 10.3 Å². The van der Waals surface area contributed by atoms with E-state index in [1.54, 1.807) is 21.1 Å². The molecule has 0 saturated carbocycles. The second-order valence-corrected chi connectivity index (χ2v) is 6.32. The Bertz CT molecular complexity index is 474. The Morgan fingerprint density at radius 1 is 1.28 bits per heavy atom.